The van der Waals surface area contributed by atoms with Gasteiger partial charge in [0.05, 0.1) is 24.9 Å². The molecular weight excluding hydrogens is 366 g/mol. The van der Waals surface area contributed by atoms with Crippen molar-refractivity contribution in [2.45, 2.75) is 12.3 Å². The SMILES string of the molecule is Nc1nc(N2CCOCC2)nc2c1[C@@H](c1cccc3nsnc13)CC(=O)N2. The molecule has 10 heteroatoms. The number of fused-ring (bicyclic) bond motifs is 2. The van der Waals surface area contributed by atoms with Crippen molar-refractivity contribution in [1.82, 2.24) is 18.7 Å². The zero-order valence-electron chi connectivity index (χ0n) is 14.4. The molecule has 9 nitrogen and oxygen atoms in total. The molecule has 1 fully saturated rings. The van der Waals surface area contributed by atoms with Crippen LogP contribution in [-0.4, -0.2) is 50.9 Å². The normalized spacial score (nSPS) is 19.8. The Balaban J connectivity index is 1.63. The van der Waals surface area contributed by atoms with Gasteiger partial charge >= 0.3 is 0 Å². The van der Waals surface area contributed by atoms with Crippen LogP contribution in [0, 0.1) is 0 Å². The van der Waals surface area contributed by atoms with E-state index < -0.39 is 0 Å². The Morgan fingerprint density at radius 1 is 1.22 bits per heavy atom. The van der Waals surface area contributed by atoms with Crippen LogP contribution in [0.2, 0.25) is 0 Å². The molecule has 3 aromatic rings. The largest absolute Gasteiger partial charge is 0.383 e. The predicted molar refractivity (Wildman–Crippen MR) is 102 cm³/mol. The Labute approximate surface area is 158 Å². The van der Waals surface area contributed by atoms with Gasteiger partial charge in [0.15, 0.2) is 0 Å². The number of carbonyl (C=O) groups excluding carboxylic acids is 1. The fraction of sp³-hybridized carbons (Fsp3) is 0.353. The van der Waals surface area contributed by atoms with E-state index in [0.29, 0.717) is 43.9 Å². The summed E-state index contributed by atoms with van der Waals surface area (Å²) in [5, 5.41) is 2.86. The van der Waals surface area contributed by atoms with Crippen molar-refractivity contribution in [1.29, 1.82) is 0 Å². The van der Waals surface area contributed by atoms with Gasteiger partial charge < -0.3 is 20.7 Å². The maximum absolute atomic E-state index is 12.4. The first kappa shape index (κ1) is 16.3. The lowest BCUT2D eigenvalue weighted by Gasteiger charge is -2.30. The van der Waals surface area contributed by atoms with E-state index in [2.05, 4.69) is 24.0 Å². The minimum atomic E-state index is -0.250. The summed E-state index contributed by atoms with van der Waals surface area (Å²) in [6.07, 6.45) is 0.272. The van der Waals surface area contributed by atoms with Crippen molar-refractivity contribution in [2.75, 3.05) is 42.3 Å². The second kappa shape index (κ2) is 6.39. The number of anilines is 3. The number of nitrogens with zero attached hydrogens (tertiary/aromatic N) is 5. The molecule has 0 saturated carbocycles. The maximum Gasteiger partial charge on any atom is 0.229 e. The lowest BCUT2D eigenvalue weighted by atomic mass is 9.85. The molecule has 0 bridgehead atoms. The number of carbonyl (C=O) groups is 1. The molecule has 2 aliphatic rings. The van der Waals surface area contributed by atoms with Crippen molar-refractivity contribution in [3.8, 4) is 0 Å². The quantitative estimate of drug-likeness (QED) is 0.681. The van der Waals surface area contributed by atoms with Gasteiger partial charge in [0.2, 0.25) is 11.9 Å². The van der Waals surface area contributed by atoms with E-state index in [1.165, 1.54) is 0 Å². The monoisotopic (exact) mass is 383 g/mol. The average molecular weight is 383 g/mol. The van der Waals surface area contributed by atoms with Gasteiger partial charge in [-0.2, -0.15) is 18.7 Å². The minimum absolute atomic E-state index is 0.0984. The number of nitrogens with one attached hydrogen (secondary N) is 1. The molecular formula is C17H17N7O2S. The number of amides is 1. The summed E-state index contributed by atoms with van der Waals surface area (Å²) in [6, 6.07) is 5.80. The van der Waals surface area contributed by atoms with Crippen LogP contribution in [0.3, 0.4) is 0 Å². The number of aromatic nitrogens is 4. The molecule has 0 spiro atoms. The fourth-order valence-corrected chi connectivity index (χ4v) is 4.22. The molecule has 1 amide bonds. The lowest BCUT2D eigenvalue weighted by Crippen LogP contribution is -2.38. The molecule has 0 aliphatic carbocycles. The molecule has 0 radical (unpaired) electrons. The van der Waals surface area contributed by atoms with Crippen LogP contribution in [0.1, 0.15) is 23.5 Å². The topological polar surface area (TPSA) is 119 Å². The summed E-state index contributed by atoms with van der Waals surface area (Å²) in [7, 11) is 0. The summed E-state index contributed by atoms with van der Waals surface area (Å²) < 4.78 is 14.1. The number of benzene rings is 1. The molecule has 2 aromatic heterocycles. The van der Waals surface area contributed by atoms with Crippen molar-refractivity contribution < 1.29 is 9.53 Å². The van der Waals surface area contributed by atoms with E-state index in [9.17, 15) is 4.79 Å². The summed E-state index contributed by atoms with van der Waals surface area (Å²) in [6.45, 7) is 2.63. The van der Waals surface area contributed by atoms with Crippen LogP contribution in [0.15, 0.2) is 18.2 Å². The van der Waals surface area contributed by atoms with Gasteiger partial charge in [-0.05, 0) is 11.6 Å². The average Bonchev–Trinajstić information content (AvgIpc) is 3.16. The van der Waals surface area contributed by atoms with Gasteiger partial charge in [0.25, 0.3) is 0 Å². The molecule has 5 rings (SSSR count). The van der Waals surface area contributed by atoms with E-state index in [-0.39, 0.29) is 18.2 Å². The number of hydrogen-bond acceptors (Lipinski definition) is 9. The summed E-state index contributed by atoms with van der Waals surface area (Å²) in [5.74, 6) is 1.03. The van der Waals surface area contributed by atoms with Gasteiger partial charge in [-0.25, -0.2) is 0 Å². The van der Waals surface area contributed by atoms with Gasteiger partial charge in [-0.3, -0.25) is 4.79 Å². The Morgan fingerprint density at radius 2 is 2.07 bits per heavy atom. The third kappa shape index (κ3) is 2.77. The number of nitrogen functional groups attached to an aromatic ring is 1. The fourth-order valence-electron chi connectivity index (χ4n) is 3.66. The highest BCUT2D eigenvalue weighted by atomic mass is 32.1. The molecule has 27 heavy (non-hydrogen) atoms. The number of morpholine rings is 1. The third-order valence-corrected chi connectivity index (χ3v) is 5.49. The first-order chi connectivity index (χ1) is 13.2. The second-order valence-corrected chi connectivity index (χ2v) is 7.08. The molecule has 1 aromatic carbocycles. The number of ether oxygens (including phenoxy) is 1. The van der Waals surface area contributed by atoms with Crippen LogP contribution in [0.25, 0.3) is 11.0 Å². The Morgan fingerprint density at radius 3 is 2.93 bits per heavy atom. The number of nitrogens with two attached hydrogens (primary N) is 1. The van der Waals surface area contributed by atoms with Crippen molar-refractivity contribution in [3.63, 3.8) is 0 Å². The van der Waals surface area contributed by atoms with E-state index in [0.717, 1.165) is 33.9 Å². The number of rotatable bonds is 2. The Kier molecular flexibility index (Phi) is 3.87. The van der Waals surface area contributed by atoms with E-state index in [1.54, 1.807) is 0 Å². The Bertz CT molecular complexity index is 1030. The highest BCUT2D eigenvalue weighted by molar-refractivity contribution is 7.00. The van der Waals surface area contributed by atoms with Gasteiger partial charge in [-0.1, -0.05) is 12.1 Å². The van der Waals surface area contributed by atoms with Crippen molar-refractivity contribution in [3.05, 3.63) is 29.3 Å². The first-order valence-corrected chi connectivity index (χ1v) is 9.45. The molecule has 1 atom stereocenters. The van der Waals surface area contributed by atoms with Crippen molar-refractivity contribution in [2.24, 2.45) is 0 Å². The Hall–Kier alpha value is -2.85. The predicted octanol–water partition coefficient (Wildman–Crippen LogP) is 1.37. The summed E-state index contributed by atoms with van der Waals surface area (Å²) in [5.41, 5.74) is 9.62. The van der Waals surface area contributed by atoms with Crippen LogP contribution in [-0.2, 0) is 9.53 Å². The molecule has 0 unspecified atom stereocenters. The first-order valence-electron chi connectivity index (χ1n) is 8.72. The van der Waals surface area contributed by atoms with E-state index >= 15 is 0 Å². The standard InChI is InChI=1S/C17H17N7O2S/c18-15-13-10(9-2-1-3-11-14(9)23-27-22-11)8-12(25)19-16(13)21-17(20-15)24-4-6-26-7-5-24/h1-3,10H,4-8H2,(H3,18,19,20,21,25)/t10-/m1/s1. The molecule has 3 N–H and O–H groups in total. The van der Waals surface area contributed by atoms with E-state index in [4.69, 9.17) is 10.5 Å². The second-order valence-electron chi connectivity index (χ2n) is 6.55. The third-order valence-electron chi connectivity index (χ3n) is 4.95. The van der Waals surface area contributed by atoms with Gasteiger partial charge in [0.1, 0.15) is 22.7 Å². The van der Waals surface area contributed by atoms with Crippen LogP contribution in [0.5, 0.6) is 0 Å². The highest BCUT2D eigenvalue weighted by Gasteiger charge is 2.33. The van der Waals surface area contributed by atoms with Crippen molar-refractivity contribution >= 4 is 46.3 Å². The van der Waals surface area contributed by atoms with Gasteiger partial charge in [0, 0.05) is 31.0 Å². The smallest absolute Gasteiger partial charge is 0.229 e. The zero-order chi connectivity index (χ0) is 18.4. The molecule has 2 aliphatic heterocycles. The summed E-state index contributed by atoms with van der Waals surface area (Å²) in [4.78, 5) is 23.6. The minimum Gasteiger partial charge on any atom is -0.383 e. The van der Waals surface area contributed by atoms with E-state index in [1.807, 2.05) is 23.1 Å². The van der Waals surface area contributed by atoms with Crippen LogP contribution in [0.4, 0.5) is 17.6 Å². The van der Waals surface area contributed by atoms with Crippen LogP contribution < -0.4 is 16.0 Å². The molecule has 138 valence electrons. The lowest BCUT2D eigenvalue weighted by molar-refractivity contribution is -0.116. The zero-order valence-corrected chi connectivity index (χ0v) is 15.2. The molecule has 1 saturated heterocycles. The van der Waals surface area contributed by atoms with Crippen LogP contribution >= 0.6 is 11.7 Å². The molecule has 4 heterocycles. The maximum atomic E-state index is 12.4. The summed E-state index contributed by atoms with van der Waals surface area (Å²) >= 11 is 1.16. The number of hydrogen-bond donors (Lipinski definition) is 2. The highest BCUT2D eigenvalue weighted by Crippen LogP contribution is 2.41. The van der Waals surface area contributed by atoms with Gasteiger partial charge in [-0.15, -0.1) is 0 Å².